The van der Waals surface area contributed by atoms with Gasteiger partial charge in [0, 0.05) is 52.4 Å². The van der Waals surface area contributed by atoms with Crippen LogP contribution in [-0.2, 0) is 0 Å². The zero-order valence-corrected chi connectivity index (χ0v) is 18.9. The van der Waals surface area contributed by atoms with Gasteiger partial charge in [-0.3, -0.25) is 14.8 Å². The number of rotatable bonds is 6. The highest BCUT2D eigenvalue weighted by molar-refractivity contribution is 6.05. The first-order chi connectivity index (χ1) is 17.6. The SMILES string of the molecule is N#Cc1ccc2nccc(Nc3ccc(C(=O)Nc4cccc(Nc5ccncc5)c4)c(F)c3)c2c1. The van der Waals surface area contributed by atoms with Crippen LogP contribution in [0.3, 0.4) is 0 Å². The van der Waals surface area contributed by atoms with Gasteiger partial charge < -0.3 is 16.0 Å². The van der Waals surface area contributed by atoms with Gasteiger partial charge >= 0.3 is 0 Å². The van der Waals surface area contributed by atoms with E-state index in [4.69, 9.17) is 0 Å². The molecule has 174 valence electrons. The Morgan fingerprint density at radius 2 is 1.61 bits per heavy atom. The molecule has 2 aromatic heterocycles. The van der Waals surface area contributed by atoms with E-state index < -0.39 is 11.7 Å². The second kappa shape index (κ2) is 9.91. The molecule has 0 unspecified atom stereocenters. The molecule has 0 spiro atoms. The quantitative estimate of drug-likeness (QED) is 0.264. The average molecular weight is 474 g/mol. The van der Waals surface area contributed by atoms with Crippen LogP contribution in [0.15, 0.2) is 97.5 Å². The second-order valence-corrected chi connectivity index (χ2v) is 7.92. The van der Waals surface area contributed by atoms with E-state index in [1.54, 1.807) is 67.1 Å². The van der Waals surface area contributed by atoms with Crippen LogP contribution in [0.25, 0.3) is 10.9 Å². The van der Waals surface area contributed by atoms with Gasteiger partial charge in [0.1, 0.15) is 5.82 Å². The third-order valence-electron chi connectivity index (χ3n) is 5.45. The Morgan fingerprint density at radius 1 is 0.806 bits per heavy atom. The van der Waals surface area contributed by atoms with Crippen LogP contribution < -0.4 is 16.0 Å². The zero-order chi connectivity index (χ0) is 24.9. The van der Waals surface area contributed by atoms with E-state index in [0.29, 0.717) is 28.1 Å². The molecular formula is C28H19FN6O. The van der Waals surface area contributed by atoms with Crippen molar-refractivity contribution in [2.45, 2.75) is 0 Å². The van der Waals surface area contributed by atoms with Crippen LogP contribution in [0.1, 0.15) is 15.9 Å². The molecule has 1 amide bonds. The number of aromatic nitrogens is 2. The Labute approximate surface area is 206 Å². The van der Waals surface area contributed by atoms with Crippen LogP contribution >= 0.6 is 0 Å². The van der Waals surface area contributed by atoms with Crippen molar-refractivity contribution in [2.24, 2.45) is 0 Å². The van der Waals surface area contributed by atoms with Gasteiger partial charge in [0.2, 0.25) is 0 Å². The van der Waals surface area contributed by atoms with Crippen molar-refractivity contribution >= 4 is 45.2 Å². The summed E-state index contributed by atoms with van der Waals surface area (Å²) in [5.41, 5.74) is 4.40. The topological polar surface area (TPSA) is 103 Å². The van der Waals surface area contributed by atoms with Gasteiger partial charge in [-0.25, -0.2) is 4.39 Å². The summed E-state index contributed by atoms with van der Waals surface area (Å²) in [4.78, 5) is 21.1. The number of hydrogen-bond acceptors (Lipinski definition) is 6. The van der Waals surface area contributed by atoms with Crippen molar-refractivity contribution in [3.63, 3.8) is 0 Å². The number of carbonyl (C=O) groups is 1. The van der Waals surface area contributed by atoms with E-state index in [9.17, 15) is 14.4 Å². The molecule has 0 atom stereocenters. The Hall–Kier alpha value is -5.29. The second-order valence-electron chi connectivity index (χ2n) is 7.92. The predicted molar refractivity (Wildman–Crippen MR) is 138 cm³/mol. The van der Waals surface area contributed by atoms with Crippen molar-refractivity contribution in [3.05, 3.63) is 114 Å². The molecule has 5 rings (SSSR count). The number of nitriles is 1. The van der Waals surface area contributed by atoms with Crippen molar-refractivity contribution in [3.8, 4) is 6.07 Å². The highest BCUT2D eigenvalue weighted by Crippen LogP contribution is 2.27. The number of nitrogens with zero attached hydrogens (tertiary/aromatic N) is 3. The smallest absolute Gasteiger partial charge is 0.258 e. The minimum absolute atomic E-state index is 0.0839. The number of fused-ring (bicyclic) bond motifs is 1. The Kier molecular flexibility index (Phi) is 6.19. The van der Waals surface area contributed by atoms with E-state index >= 15 is 0 Å². The van der Waals surface area contributed by atoms with E-state index in [1.165, 1.54) is 12.1 Å². The normalized spacial score (nSPS) is 10.4. The Balaban J connectivity index is 1.32. The molecule has 36 heavy (non-hydrogen) atoms. The number of nitrogens with one attached hydrogen (secondary N) is 3. The highest BCUT2D eigenvalue weighted by atomic mass is 19.1. The lowest BCUT2D eigenvalue weighted by molar-refractivity contribution is 0.102. The first-order valence-electron chi connectivity index (χ1n) is 11.0. The summed E-state index contributed by atoms with van der Waals surface area (Å²) in [6.45, 7) is 0. The number of amides is 1. The number of anilines is 5. The van der Waals surface area contributed by atoms with Crippen molar-refractivity contribution < 1.29 is 9.18 Å². The lowest BCUT2D eigenvalue weighted by Crippen LogP contribution is -2.14. The summed E-state index contributed by atoms with van der Waals surface area (Å²) in [7, 11) is 0. The lowest BCUT2D eigenvalue weighted by atomic mass is 10.1. The first kappa shape index (κ1) is 22.5. The fourth-order valence-corrected chi connectivity index (χ4v) is 3.73. The fraction of sp³-hybridized carbons (Fsp3) is 0. The van der Waals surface area contributed by atoms with Gasteiger partial charge in [-0.1, -0.05) is 6.07 Å². The van der Waals surface area contributed by atoms with E-state index in [1.807, 2.05) is 18.2 Å². The molecule has 5 aromatic rings. The van der Waals surface area contributed by atoms with Gasteiger partial charge in [0.25, 0.3) is 5.91 Å². The Bertz CT molecular complexity index is 1610. The fourth-order valence-electron chi connectivity index (χ4n) is 3.73. The van der Waals surface area contributed by atoms with Crippen molar-refractivity contribution in [2.75, 3.05) is 16.0 Å². The molecule has 0 aliphatic carbocycles. The highest BCUT2D eigenvalue weighted by Gasteiger charge is 2.14. The number of halogens is 1. The van der Waals surface area contributed by atoms with Crippen LogP contribution in [0.4, 0.5) is 32.8 Å². The van der Waals surface area contributed by atoms with Gasteiger partial charge in [0.05, 0.1) is 22.7 Å². The average Bonchev–Trinajstić information content (AvgIpc) is 2.89. The third-order valence-corrected chi connectivity index (χ3v) is 5.45. The molecule has 2 heterocycles. The molecule has 0 saturated heterocycles. The molecule has 0 aliphatic heterocycles. The maximum absolute atomic E-state index is 14.9. The van der Waals surface area contributed by atoms with Gasteiger partial charge in [0.15, 0.2) is 0 Å². The molecule has 7 nitrogen and oxygen atoms in total. The zero-order valence-electron chi connectivity index (χ0n) is 18.9. The Morgan fingerprint density at radius 3 is 2.42 bits per heavy atom. The predicted octanol–water partition coefficient (Wildman–Crippen LogP) is 6.38. The van der Waals surface area contributed by atoms with Crippen LogP contribution in [0, 0.1) is 17.1 Å². The van der Waals surface area contributed by atoms with Crippen LogP contribution in [-0.4, -0.2) is 15.9 Å². The number of hydrogen-bond donors (Lipinski definition) is 3. The molecule has 0 radical (unpaired) electrons. The molecule has 8 heteroatoms. The molecular weight excluding hydrogens is 455 g/mol. The van der Waals surface area contributed by atoms with Crippen LogP contribution in [0.5, 0.6) is 0 Å². The summed E-state index contributed by atoms with van der Waals surface area (Å²) in [5.74, 6) is -1.23. The minimum Gasteiger partial charge on any atom is -0.355 e. The largest absolute Gasteiger partial charge is 0.355 e. The van der Waals surface area contributed by atoms with Gasteiger partial charge in [-0.2, -0.15) is 5.26 Å². The minimum atomic E-state index is -0.667. The van der Waals surface area contributed by atoms with Gasteiger partial charge in [-0.15, -0.1) is 0 Å². The van der Waals surface area contributed by atoms with E-state index in [0.717, 1.165) is 16.8 Å². The molecule has 0 bridgehead atoms. The monoisotopic (exact) mass is 474 g/mol. The lowest BCUT2D eigenvalue weighted by Gasteiger charge is -2.12. The van der Waals surface area contributed by atoms with Gasteiger partial charge in [-0.05, 0) is 72.8 Å². The standard InChI is InChI=1S/C28H19FN6O/c29-25-16-22(34-27-10-13-32-26-7-4-18(17-30)14-24(26)27)5-6-23(25)28(36)35-21-3-1-2-20(15-21)33-19-8-11-31-12-9-19/h1-16H,(H,31,33)(H,32,34)(H,35,36). The molecule has 0 saturated carbocycles. The van der Waals surface area contributed by atoms with Crippen LogP contribution in [0.2, 0.25) is 0 Å². The summed E-state index contributed by atoms with van der Waals surface area (Å²) >= 11 is 0. The molecule has 3 aromatic carbocycles. The number of benzene rings is 3. The molecule has 3 N–H and O–H groups in total. The summed E-state index contributed by atoms with van der Waals surface area (Å²) in [6, 6.07) is 24.1. The summed E-state index contributed by atoms with van der Waals surface area (Å²) < 4.78 is 14.9. The first-order valence-corrected chi connectivity index (χ1v) is 11.0. The van der Waals surface area contributed by atoms with E-state index in [2.05, 4.69) is 32.0 Å². The van der Waals surface area contributed by atoms with Crippen molar-refractivity contribution in [1.82, 2.24) is 9.97 Å². The number of pyridine rings is 2. The third kappa shape index (κ3) is 4.95. The number of carbonyl (C=O) groups excluding carboxylic acids is 1. The maximum atomic E-state index is 14.9. The molecule has 0 fully saturated rings. The maximum Gasteiger partial charge on any atom is 0.258 e. The summed E-state index contributed by atoms with van der Waals surface area (Å²) in [5, 5.41) is 19.1. The van der Waals surface area contributed by atoms with Crippen molar-refractivity contribution in [1.29, 1.82) is 5.26 Å². The van der Waals surface area contributed by atoms with E-state index in [-0.39, 0.29) is 5.56 Å². The summed E-state index contributed by atoms with van der Waals surface area (Å²) in [6.07, 6.45) is 4.98. The molecule has 0 aliphatic rings.